The highest BCUT2D eigenvalue weighted by atomic mass is 16.5. The van der Waals surface area contributed by atoms with Crippen LogP contribution in [0, 0.1) is 0 Å². The third-order valence-corrected chi connectivity index (χ3v) is 3.09. The van der Waals surface area contributed by atoms with Gasteiger partial charge in [0, 0.05) is 32.4 Å². The number of rotatable bonds is 7. The molecule has 3 heteroatoms. The lowest BCUT2D eigenvalue weighted by Gasteiger charge is -2.25. The minimum atomic E-state index is 0.158. The van der Waals surface area contributed by atoms with Crippen molar-refractivity contribution in [3.8, 4) is 0 Å². The zero-order valence-electron chi connectivity index (χ0n) is 11.1. The van der Waals surface area contributed by atoms with E-state index >= 15 is 0 Å². The molecule has 17 heavy (non-hydrogen) atoms. The molecule has 0 bridgehead atoms. The molecule has 1 aliphatic heterocycles. The predicted molar refractivity (Wildman–Crippen MR) is 71.2 cm³/mol. The van der Waals surface area contributed by atoms with Crippen molar-refractivity contribution in [2.45, 2.75) is 38.8 Å². The van der Waals surface area contributed by atoms with E-state index in [0.717, 1.165) is 39.2 Å². The molecule has 1 saturated heterocycles. The number of hydrogen-bond acceptors (Lipinski definition) is 3. The van der Waals surface area contributed by atoms with E-state index < -0.39 is 0 Å². The van der Waals surface area contributed by atoms with Gasteiger partial charge in [0.2, 0.25) is 0 Å². The van der Waals surface area contributed by atoms with Gasteiger partial charge in [-0.25, -0.2) is 0 Å². The monoisotopic (exact) mass is 239 g/mol. The summed E-state index contributed by atoms with van der Waals surface area (Å²) in [7, 11) is 0. The van der Waals surface area contributed by atoms with Crippen molar-refractivity contribution in [2.75, 3.05) is 26.4 Å². The Kier molecular flexibility index (Phi) is 7.17. The van der Waals surface area contributed by atoms with Gasteiger partial charge in [-0.3, -0.25) is 0 Å². The van der Waals surface area contributed by atoms with Crippen LogP contribution in [-0.2, 0) is 9.47 Å². The van der Waals surface area contributed by atoms with Crippen LogP contribution < -0.4 is 5.32 Å². The maximum atomic E-state index is 5.62. The van der Waals surface area contributed by atoms with Crippen LogP contribution in [0.5, 0.6) is 0 Å². The quantitative estimate of drug-likeness (QED) is 0.691. The first-order valence-corrected chi connectivity index (χ1v) is 6.52. The number of nitrogens with one attached hydrogen (secondary N) is 1. The maximum absolute atomic E-state index is 5.62. The highest BCUT2D eigenvalue weighted by Gasteiger charge is 2.15. The van der Waals surface area contributed by atoms with E-state index in [9.17, 15) is 0 Å². The minimum Gasteiger partial charge on any atom is -0.381 e. The molecule has 0 spiro atoms. The van der Waals surface area contributed by atoms with Gasteiger partial charge in [-0.2, -0.15) is 0 Å². The second-order valence-electron chi connectivity index (χ2n) is 4.34. The Hall–Kier alpha value is -0.640. The normalized spacial score (nSPS) is 20.2. The fourth-order valence-corrected chi connectivity index (χ4v) is 2.01. The zero-order valence-corrected chi connectivity index (χ0v) is 11.1. The molecular formula is C14H25NO2. The molecule has 1 heterocycles. The van der Waals surface area contributed by atoms with Crippen LogP contribution in [0.1, 0.15) is 26.7 Å². The summed E-state index contributed by atoms with van der Waals surface area (Å²) in [6.07, 6.45) is 6.24. The minimum absolute atomic E-state index is 0.158. The predicted octanol–water partition coefficient (Wildman–Crippen LogP) is 2.29. The SMILES string of the molecule is C=C/C=C(/CNC1CCOCC1)C(C)OCC. The molecule has 1 rings (SSSR count). The Bertz CT molecular complexity index is 245. The van der Waals surface area contributed by atoms with Crippen LogP contribution in [0.25, 0.3) is 0 Å². The lowest BCUT2D eigenvalue weighted by atomic mass is 10.1. The van der Waals surface area contributed by atoms with Crippen LogP contribution in [0.3, 0.4) is 0 Å². The second kappa shape index (κ2) is 8.45. The molecule has 0 aromatic heterocycles. The van der Waals surface area contributed by atoms with Crippen molar-refractivity contribution in [3.63, 3.8) is 0 Å². The first-order valence-electron chi connectivity index (χ1n) is 6.52. The summed E-state index contributed by atoms with van der Waals surface area (Å²) in [5.41, 5.74) is 1.26. The molecule has 0 saturated carbocycles. The third-order valence-electron chi connectivity index (χ3n) is 3.09. The van der Waals surface area contributed by atoms with Gasteiger partial charge in [-0.05, 0) is 32.3 Å². The van der Waals surface area contributed by atoms with Gasteiger partial charge in [0.25, 0.3) is 0 Å². The van der Waals surface area contributed by atoms with E-state index in [2.05, 4.69) is 18.8 Å². The largest absolute Gasteiger partial charge is 0.381 e. The van der Waals surface area contributed by atoms with Crippen LogP contribution in [-0.4, -0.2) is 38.5 Å². The standard InChI is InChI=1S/C14H25NO2/c1-4-6-13(12(3)17-5-2)11-15-14-7-9-16-10-8-14/h4,6,12,14-15H,1,5,7-11H2,2-3H3/b13-6-. The molecule has 0 aromatic carbocycles. The summed E-state index contributed by atoms with van der Waals surface area (Å²) in [6, 6.07) is 0.575. The van der Waals surface area contributed by atoms with Gasteiger partial charge < -0.3 is 14.8 Å². The third kappa shape index (κ3) is 5.48. The molecule has 1 unspecified atom stereocenters. The van der Waals surface area contributed by atoms with Gasteiger partial charge in [-0.15, -0.1) is 0 Å². The number of hydrogen-bond donors (Lipinski definition) is 1. The second-order valence-corrected chi connectivity index (χ2v) is 4.34. The van der Waals surface area contributed by atoms with E-state index in [4.69, 9.17) is 9.47 Å². The summed E-state index contributed by atoms with van der Waals surface area (Å²) < 4.78 is 11.0. The topological polar surface area (TPSA) is 30.5 Å². The highest BCUT2D eigenvalue weighted by molar-refractivity contribution is 5.16. The molecule has 1 atom stereocenters. The van der Waals surface area contributed by atoms with Crippen LogP contribution in [0.4, 0.5) is 0 Å². The van der Waals surface area contributed by atoms with E-state index in [0.29, 0.717) is 6.04 Å². The fraction of sp³-hybridized carbons (Fsp3) is 0.714. The van der Waals surface area contributed by atoms with Crippen molar-refractivity contribution in [1.82, 2.24) is 5.32 Å². The maximum Gasteiger partial charge on any atom is 0.0772 e. The van der Waals surface area contributed by atoms with E-state index in [-0.39, 0.29) is 6.10 Å². The summed E-state index contributed by atoms with van der Waals surface area (Å²) in [4.78, 5) is 0. The van der Waals surface area contributed by atoms with Crippen molar-refractivity contribution in [2.24, 2.45) is 0 Å². The summed E-state index contributed by atoms with van der Waals surface area (Å²) in [5, 5.41) is 3.57. The van der Waals surface area contributed by atoms with Crippen molar-refractivity contribution < 1.29 is 9.47 Å². The Morgan fingerprint density at radius 1 is 1.53 bits per heavy atom. The molecular weight excluding hydrogens is 214 g/mol. The zero-order chi connectivity index (χ0) is 12.5. The molecule has 0 aromatic rings. The molecule has 1 N–H and O–H groups in total. The molecule has 0 aliphatic carbocycles. The number of allylic oxidation sites excluding steroid dienone is 2. The van der Waals surface area contributed by atoms with Gasteiger partial charge >= 0.3 is 0 Å². The summed E-state index contributed by atoms with van der Waals surface area (Å²) >= 11 is 0. The van der Waals surface area contributed by atoms with Gasteiger partial charge in [0.05, 0.1) is 6.10 Å². The lowest BCUT2D eigenvalue weighted by molar-refractivity contribution is 0.0762. The Balaban J connectivity index is 2.38. The smallest absolute Gasteiger partial charge is 0.0772 e. The van der Waals surface area contributed by atoms with Crippen molar-refractivity contribution >= 4 is 0 Å². The summed E-state index contributed by atoms with van der Waals surface area (Å²) in [5.74, 6) is 0. The van der Waals surface area contributed by atoms with Crippen LogP contribution >= 0.6 is 0 Å². The highest BCUT2D eigenvalue weighted by Crippen LogP contribution is 2.10. The molecule has 0 radical (unpaired) electrons. The number of ether oxygens (including phenoxy) is 2. The van der Waals surface area contributed by atoms with E-state index in [1.54, 1.807) is 0 Å². The van der Waals surface area contributed by atoms with E-state index in [1.807, 2.05) is 19.1 Å². The van der Waals surface area contributed by atoms with Gasteiger partial charge in [-0.1, -0.05) is 18.7 Å². The lowest BCUT2D eigenvalue weighted by Crippen LogP contribution is -2.37. The van der Waals surface area contributed by atoms with Gasteiger partial charge in [0.15, 0.2) is 0 Å². The van der Waals surface area contributed by atoms with Crippen LogP contribution in [0.15, 0.2) is 24.3 Å². The molecule has 98 valence electrons. The summed E-state index contributed by atoms with van der Waals surface area (Å²) in [6.45, 7) is 11.2. The first-order chi connectivity index (χ1) is 8.27. The van der Waals surface area contributed by atoms with Gasteiger partial charge in [0.1, 0.15) is 0 Å². The van der Waals surface area contributed by atoms with Crippen molar-refractivity contribution in [3.05, 3.63) is 24.3 Å². The fourth-order valence-electron chi connectivity index (χ4n) is 2.01. The van der Waals surface area contributed by atoms with E-state index in [1.165, 1.54) is 5.57 Å². The Morgan fingerprint density at radius 3 is 2.82 bits per heavy atom. The molecule has 1 fully saturated rings. The average molecular weight is 239 g/mol. The Morgan fingerprint density at radius 2 is 2.24 bits per heavy atom. The van der Waals surface area contributed by atoms with Crippen LogP contribution in [0.2, 0.25) is 0 Å². The molecule has 1 aliphatic rings. The van der Waals surface area contributed by atoms with Crippen molar-refractivity contribution in [1.29, 1.82) is 0 Å². The Labute approximate surface area is 105 Å². The first kappa shape index (κ1) is 14.4. The molecule has 3 nitrogen and oxygen atoms in total. The average Bonchev–Trinajstić information content (AvgIpc) is 2.36. The molecule has 0 amide bonds.